The number of carbonyl (C=O) groups excluding carboxylic acids is 2. The number of hydrogen-bond acceptors (Lipinski definition) is 4. The van der Waals surface area contributed by atoms with Gasteiger partial charge in [-0.05, 0) is 13.3 Å². The molecule has 0 aromatic heterocycles. The molecule has 0 aliphatic rings. The summed E-state index contributed by atoms with van der Waals surface area (Å²) in [6.45, 7) is 5.44. The van der Waals surface area contributed by atoms with E-state index in [1.807, 2.05) is 0 Å². The van der Waals surface area contributed by atoms with Gasteiger partial charge in [-0.25, -0.2) is 0 Å². The summed E-state index contributed by atoms with van der Waals surface area (Å²) in [6, 6.07) is 0. The van der Waals surface area contributed by atoms with E-state index in [-0.39, 0.29) is 24.6 Å². The fourth-order valence-corrected chi connectivity index (χ4v) is 2.13. The first kappa shape index (κ1) is 19.9. The summed E-state index contributed by atoms with van der Waals surface area (Å²) in [6.07, 6.45) is 11.2. The van der Waals surface area contributed by atoms with Crippen LogP contribution < -0.4 is 0 Å². The van der Waals surface area contributed by atoms with Crippen LogP contribution in [0.4, 0.5) is 0 Å². The first-order valence-corrected chi connectivity index (χ1v) is 8.39. The third kappa shape index (κ3) is 15.2. The molecule has 0 radical (unpaired) electrons. The van der Waals surface area contributed by atoms with Crippen molar-refractivity contribution in [1.82, 2.24) is 0 Å². The summed E-state index contributed by atoms with van der Waals surface area (Å²) in [4.78, 5) is 22.2. The minimum atomic E-state index is -0.361. The minimum Gasteiger partial charge on any atom is -0.462 e. The molecule has 4 heteroatoms. The Labute approximate surface area is 129 Å². The van der Waals surface area contributed by atoms with Gasteiger partial charge in [0.15, 0.2) is 0 Å². The van der Waals surface area contributed by atoms with Crippen LogP contribution in [0.15, 0.2) is 0 Å². The molecule has 21 heavy (non-hydrogen) atoms. The Hall–Kier alpha value is -1.06. The zero-order valence-electron chi connectivity index (χ0n) is 14.0. The highest BCUT2D eigenvalue weighted by molar-refractivity contribution is 5.69. The largest absolute Gasteiger partial charge is 0.462 e. The number of hydrogen-bond donors (Lipinski definition) is 0. The first-order valence-electron chi connectivity index (χ1n) is 8.39. The monoisotopic (exact) mass is 300 g/mol. The van der Waals surface area contributed by atoms with Crippen LogP contribution in [0, 0.1) is 0 Å². The minimum absolute atomic E-state index is 0.138. The molecule has 0 amide bonds. The highest BCUT2D eigenvalue weighted by Crippen LogP contribution is 2.11. The van der Waals surface area contributed by atoms with E-state index in [9.17, 15) is 9.59 Å². The van der Waals surface area contributed by atoms with Gasteiger partial charge < -0.3 is 9.47 Å². The maximum Gasteiger partial charge on any atom is 0.306 e. The smallest absolute Gasteiger partial charge is 0.306 e. The van der Waals surface area contributed by atoms with Gasteiger partial charge in [-0.15, -0.1) is 0 Å². The zero-order chi connectivity index (χ0) is 15.9. The van der Waals surface area contributed by atoms with Crippen molar-refractivity contribution in [1.29, 1.82) is 0 Å². The van der Waals surface area contributed by atoms with Crippen LogP contribution in [-0.4, -0.2) is 24.6 Å². The molecule has 0 N–H and O–H groups in total. The highest BCUT2D eigenvalue weighted by atomic mass is 16.6. The summed E-state index contributed by atoms with van der Waals surface area (Å²) in [5, 5.41) is 0. The fraction of sp³-hybridized carbons (Fsp3) is 0.882. The van der Waals surface area contributed by atoms with E-state index in [4.69, 9.17) is 9.47 Å². The quantitative estimate of drug-likeness (QED) is 0.373. The summed E-state index contributed by atoms with van der Waals surface area (Å²) in [5.74, 6) is -0.547. The van der Waals surface area contributed by atoms with Gasteiger partial charge in [0.05, 0.1) is 0 Å². The average molecular weight is 300 g/mol. The molecule has 0 saturated carbocycles. The Morgan fingerprint density at radius 1 is 0.905 bits per heavy atom. The Morgan fingerprint density at radius 3 is 1.95 bits per heavy atom. The van der Waals surface area contributed by atoms with Crippen molar-refractivity contribution in [3.8, 4) is 0 Å². The lowest BCUT2D eigenvalue weighted by Crippen LogP contribution is -2.21. The van der Waals surface area contributed by atoms with Crippen molar-refractivity contribution in [2.24, 2.45) is 0 Å². The first-order chi connectivity index (χ1) is 10.1. The molecule has 0 spiro atoms. The summed E-state index contributed by atoms with van der Waals surface area (Å²) in [7, 11) is 0. The molecule has 0 rings (SSSR count). The van der Waals surface area contributed by atoms with E-state index in [1.165, 1.54) is 51.9 Å². The number of rotatable bonds is 13. The summed E-state index contributed by atoms with van der Waals surface area (Å²) in [5.41, 5.74) is 0. The summed E-state index contributed by atoms with van der Waals surface area (Å²) < 4.78 is 9.94. The second-order valence-corrected chi connectivity index (χ2v) is 5.68. The number of carbonyl (C=O) groups is 2. The molecule has 0 bridgehead atoms. The number of unbranched alkanes of at least 4 members (excludes halogenated alkanes) is 8. The molecule has 1 atom stereocenters. The van der Waals surface area contributed by atoms with Crippen molar-refractivity contribution in [3.05, 3.63) is 0 Å². The van der Waals surface area contributed by atoms with Crippen molar-refractivity contribution in [2.45, 2.75) is 91.1 Å². The van der Waals surface area contributed by atoms with Crippen LogP contribution in [0.25, 0.3) is 0 Å². The lowest BCUT2D eigenvalue weighted by Gasteiger charge is -2.12. The van der Waals surface area contributed by atoms with E-state index in [0.717, 1.165) is 12.8 Å². The van der Waals surface area contributed by atoms with Gasteiger partial charge in [0.25, 0.3) is 0 Å². The normalized spacial score (nSPS) is 12.0. The van der Waals surface area contributed by atoms with Crippen molar-refractivity contribution in [2.75, 3.05) is 6.61 Å². The second-order valence-electron chi connectivity index (χ2n) is 5.68. The van der Waals surface area contributed by atoms with E-state index in [0.29, 0.717) is 6.42 Å². The van der Waals surface area contributed by atoms with Gasteiger partial charge in [0.2, 0.25) is 0 Å². The van der Waals surface area contributed by atoms with Crippen molar-refractivity contribution in [3.63, 3.8) is 0 Å². The molecule has 0 aliphatic carbocycles. The van der Waals surface area contributed by atoms with Crippen LogP contribution in [0.3, 0.4) is 0 Å². The van der Waals surface area contributed by atoms with Gasteiger partial charge in [0.1, 0.15) is 12.7 Å². The number of ether oxygens (including phenoxy) is 2. The van der Waals surface area contributed by atoms with Crippen LogP contribution in [0.5, 0.6) is 0 Å². The van der Waals surface area contributed by atoms with Crippen molar-refractivity contribution < 1.29 is 19.1 Å². The molecule has 0 aromatic carbocycles. The predicted molar refractivity (Wildman–Crippen MR) is 84.0 cm³/mol. The topological polar surface area (TPSA) is 52.6 Å². The van der Waals surface area contributed by atoms with Crippen LogP contribution in [-0.2, 0) is 19.1 Å². The average Bonchev–Trinajstić information content (AvgIpc) is 2.43. The maximum absolute atomic E-state index is 11.5. The molecule has 124 valence electrons. The SMILES string of the molecule is CCCCCCCCCCCC(=O)OC(C)COC(C)=O. The standard InChI is InChI=1S/C17H32O4/c1-4-5-6-7-8-9-10-11-12-13-17(19)21-15(2)14-20-16(3)18/h15H,4-14H2,1-3H3. The van der Waals surface area contributed by atoms with Gasteiger partial charge in [-0.2, -0.15) is 0 Å². The zero-order valence-corrected chi connectivity index (χ0v) is 14.0. The van der Waals surface area contributed by atoms with Gasteiger partial charge in [0, 0.05) is 13.3 Å². The highest BCUT2D eigenvalue weighted by Gasteiger charge is 2.10. The molecule has 0 saturated heterocycles. The predicted octanol–water partition coefficient (Wildman–Crippen LogP) is 4.40. The molecule has 4 nitrogen and oxygen atoms in total. The Balaban J connectivity index is 3.35. The molecule has 0 aromatic rings. The Bertz CT molecular complexity index is 276. The second kappa shape index (κ2) is 13.9. The lowest BCUT2D eigenvalue weighted by molar-refractivity contribution is -0.157. The molecular formula is C17H32O4. The molecule has 0 aliphatic heterocycles. The van der Waals surface area contributed by atoms with Gasteiger partial charge in [-0.1, -0.05) is 58.3 Å². The molecular weight excluding hydrogens is 268 g/mol. The van der Waals surface area contributed by atoms with E-state index >= 15 is 0 Å². The van der Waals surface area contributed by atoms with Crippen LogP contribution in [0.2, 0.25) is 0 Å². The third-order valence-electron chi connectivity index (χ3n) is 3.34. The summed E-state index contributed by atoms with van der Waals surface area (Å²) >= 11 is 0. The fourth-order valence-electron chi connectivity index (χ4n) is 2.13. The van der Waals surface area contributed by atoms with E-state index < -0.39 is 0 Å². The lowest BCUT2D eigenvalue weighted by atomic mass is 10.1. The Morgan fingerprint density at radius 2 is 1.43 bits per heavy atom. The van der Waals surface area contributed by atoms with E-state index in [2.05, 4.69) is 6.92 Å². The van der Waals surface area contributed by atoms with Gasteiger partial charge in [-0.3, -0.25) is 9.59 Å². The molecule has 1 unspecified atom stereocenters. The maximum atomic E-state index is 11.5. The van der Waals surface area contributed by atoms with Crippen LogP contribution >= 0.6 is 0 Å². The van der Waals surface area contributed by atoms with Crippen molar-refractivity contribution >= 4 is 11.9 Å². The third-order valence-corrected chi connectivity index (χ3v) is 3.34. The Kier molecular flexibility index (Phi) is 13.2. The number of esters is 2. The van der Waals surface area contributed by atoms with E-state index in [1.54, 1.807) is 6.92 Å². The molecule has 0 heterocycles. The van der Waals surface area contributed by atoms with Gasteiger partial charge >= 0.3 is 11.9 Å². The molecule has 0 fully saturated rings. The van der Waals surface area contributed by atoms with Crippen LogP contribution in [0.1, 0.15) is 85.0 Å².